The average Bonchev–Trinajstić information content (AvgIpc) is 2.55. The van der Waals surface area contributed by atoms with E-state index in [2.05, 4.69) is 26.1 Å². The van der Waals surface area contributed by atoms with Gasteiger partial charge in [0.25, 0.3) is 0 Å². The van der Waals surface area contributed by atoms with Crippen LogP contribution >= 0.6 is 50.9 Å². The summed E-state index contributed by atoms with van der Waals surface area (Å²) in [6.07, 6.45) is 1.19. The number of halogens is 4. The third-order valence-electron chi connectivity index (χ3n) is 2.72. The van der Waals surface area contributed by atoms with Crippen molar-refractivity contribution in [2.45, 2.75) is 5.75 Å². The highest BCUT2D eigenvalue weighted by molar-refractivity contribution is 9.10. The molecule has 8 heteroatoms. The molecule has 0 heterocycles. The van der Waals surface area contributed by atoms with Crippen molar-refractivity contribution in [3.05, 3.63) is 67.9 Å². The number of nitrogens with two attached hydrogens (primary N) is 1. The summed E-state index contributed by atoms with van der Waals surface area (Å²) >= 11 is 16.2. The summed E-state index contributed by atoms with van der Waals surface area (Å²) in [7, 11) is 0. The Hall–Kier alpha value is -1.08. The predicted octanol–water partition coefficient (Wildman–Crippen LogP) is 5.48. The molecule has 3 nitrogen and oxygen atoms in total. The van der Waals surface area contributed by atoms with Crippen molar-refractivity contribution in [3.8, 4) is 0 Å². The minimum Gasteiger partial charge on any atom is -0.377 e. The number of hydrogen-bond acceptors (Lipinski definition) is 3. The van der Waals surface area contributed by atoms with Crippen LogP contribution in [0.4, 0.5) is 4.39 Å². The third-order valence-corrected chi connectivity index (χ3v) is 5.11. The van der Waals surface area contributed by atoms with Gasteiger partial charge in [-0.2, -0.15) is 5.10 Å². The molecule has 2 aromatic carbocycles. The van der Waals surface area contributed by atoms with Gasteiger partial charge in [0.1, 0.15) is 0 Å². The van der Waals surface area contributed by atoms with E-state index in [0.29, 0.717) is 10.2 Å². The maximum Gasteiger partial charge on any atom is 0.180 e. The van der Waals surface area contributed by atoms with E-state index in [-0.39, 0.29) is 20.8 Å². The van der Waals surface area contributed by atoms with Gasteiger partial charge in [0.2, 0.25) is 0 Å². The van der Waals surface area contributed by atoms with Gasteiger partial charge in [-0.05, 0) is 27.6 Å². The molecule has 2 aromatic rings. The Kier molecular flexibility index (Phi) is 6.89. The molecular weight excluding hydrogens is 424 g/mol. The van der Waals surface area contributed by atoms with Gasteiger partial charge in [0, 0.05) is 10.2 Å². The van der Waals surface area contributed by atoms with Crippen LogP contribution in [0.3, 0.4) is 0 Å². The predicted molar refractivity (Wildman–Crippen MR) is 101 cm³/mol. The Morgan fingerprint density at radius 1 is 1.30 bits per heavy atom. The summed E-state index contributed by atoms with van der Waals surface area (Å²) < 4.78 is 14.4. The Morgan fingerprint density at radius 2 is 2.00 bits per heavy atom. The first-order valence-corrected chi connectivity index (χ1v) is 8.88. The molecular formula is C15H11BrCl2FN3S. The Balaban J connectivity index is 2.04. The van der Waals surface area contributed by atoms with Gasteiger partial charge in [0.05, 0.1) is 21.8 Å². The largest absolute Gasteiger partial charge is 0.377 e. The number of thioether (sulfide) groups is 1. The van der Waals surface area contributed by atoms with Crippen LogP contribution in [0.25, 0.3) is 0 Å². The van der Waals surface area contributed by atoms with E-state index < -0.39 is 5.82 Å². The fourth-order valence-electron chi connectivity index (χ4n) is 1.60. The third kappa shape index (κ3) is 5.21. The number of benzene rings is 2. The van der Waals surface area contributed by atoms with Gasteiger partial charge in [-0.1, -0.05) is 65.3 Å². The molecule has 23 heavy (non-hydrogen) atoms. The van der Waals surface area contributed by atoms with Crippen LogP contribution in [0.5, 0.6) is 0 Å². The quantitative estimate of drug-likeness (QED) is 0.228. The number of amidine groups is 1. The summed E-state index contributed by atoms with van der Waals surface area (Å²) in [6, 6.07) is 11.3. The summed E-state index contributed by atoms with van der Waals surface area (Å²) in [6.45, 7) is 0. The second kappa shape index (κ2) is 8.68. The van der Waals surface area contributed by atoms with E-state index >= 15 is 0 Å². The second-order valence-corrected chi connectivity index (χ2v) is 6.97. The topological polar surface area (TPSA) is 50.7 Å². The molecule has 0 aliphatic carbocycles. The van der Waals surface area contributed by atoms with Crippen molar-refractivity contribution in [3.63, 3.8) is 0 Å². The molecule has 0 aromatic heterocycles. The molecule has 120 valence electrons. The fourth-order valence-corrected chi connectivity index (χ4v) is 3.15. The van der Waals surface area contributed by atoms with Crippen LogP contribution in [-0.4, -0.2) is 11.4 Å². The van der Waals surface area contributed by atoms with Gasteiger partial charge >= 0.3 is 0 Å². The van der Waals surface area contributed by atoms with E-state index in [0.717, 1.165) is 5.56 Å². The highest BCUT2D eigenvalue weighted by atomic mass is 79.9. The van der Waals surface area contributed by atoms with Gasteiger partial charge < -0.3 is 5.73 Å². The van der Waals surface area contributed by atoms with Crippen molar-refractivity contribution in [1.29, 1.82) is 0 Å². The van der Waals surface area contributed by atoms with Crippen LogP contribution in [-0.2, 0) is 5.75 Å². The first kappa shape index (κ1) is 18.3. The van der Waals surface area contributed by atoms with Crippen molar-refractivity contribution in [2.24, 2.45) is 15.9 Å². The van der Waals surface area contributed by atoms with E-state index in [1.807, 2.05) is 30.3 Å². The molecule has 0 amide bonds. The number of rotatable bonds is 4. The Morgan fingerprint density at radius 3 is 2.70 bits per heavy atom. The van der Waals surface area contributed by atoms with Crippen molar-refractivity contribution >= 4 is 62.3 Å². The summed E-state index contributed by atoms with van der Waals surface area (Å²) in [4.78, 5) is 0. The minimum atomic E-state index is -0.666. The molecule has 2 N–H and O–H groups in total. The molecule has 0 saturated carbocycles. The Labute approximate surface area is 155 Å². The Bertz CT molecular complexity index is 754. The van der Waals surface area contributed by atoms with Crippen LogP contribution in [0, 0.1) is 5.82 Å². The fraction of sp³-hybridized carbons (Fsp3) is 0.0667. The molecule has 0 spiro atoms. The van der Waals surface area contributed by atoms with E-state index in [1.165, 1.54) is 24.0 Å². The van der Waals surface area contributed by atoms with Crippen LogP contribution in [0.15, 0.2) is 51.1 Å². The minimum absolute atomic E-state index is 0.0597. The second-order valence-electron chi connectivity index (χ2n) is 4.34. The molecule has 0 saturated heterocycles. The van der Waals surface area contributed by atoms with E-state index in [1.54, 1.807) is 0 Å². The van der Waals surface area contributed by atoms with Gasteiger partial charge in [-0.25, -0.2) is 4.39 Å². The molecule has 0 fully saturated rings. The zero-order valence-electron chi connectivity index (χ0n) is 11.6. The highest BCUT2D eigenvalue weighted by Crippen LogP contribution is 2.32. The molecule has 0 atom stereocenters. The molecule has 0 radical (unpaired) electrons. The van der Waals surface area contributed by atoms with E-state index in [4.69, 9.17) is 28.9 Å². The van der Waals surface area contributed by atoms with Crippen molar-refractivity contribution in [1.82, 2.24) is 0 Å². The van der Waals surface area contributed by atoms with Crippen LogP contribution in [0.2, 0.25) is 10.0 Å². The van der Waals surface area contributed by atoms with Gasteiger partial charge in [-0.3, -0.25) is 0 Å². The smallest absolute Gasteiger partial charge is 0.180 e. The zero-order chi connectivity index (χ0) is 16.8. The molecule has 0 bridgehead atoms. The van der Waals surface area contributed by atoms with Gasteiger partial charge in [0.15, 0.2) is 11.0 Å². The first-order chi connectivity index (χ1) is 11.0. The molecule has 0 unspecified atom stereocenters. The molecule has 2 rings (SSSR count). The van der Waals surface area contributed by atoms with E-state index in [9.17, 15) is 4.39 Å². The lowest BCUT2D eigenvalue weighted by molar-refractivity contribution is 0.625. The first-order valence-electron chi connectivity index (χ1n) is 6.35. The summed E-state index contributed by atoms with van der Waals surface area (Å²) in [5.41, 5.74) is 6.93. The molecule has 0 aliphatic heterocycles. The maximum atomic E-state index is 14.0. The highest BCUT2D eigenvalue weighted by Gasteiger charge is 2.13. The summed E-state index contributed by atoms with van der Waals surface area (Å²) in [5.74, 6) is 0.00535. The lowest BCUT2D eigenvalue weighted by atomic mass is 10.2. The average molecular weight is 435 g/mol. The maximum absolute atomic E-state index is 14.0. The zero-order valence-corrected chi connectivity index (χ0v) is 15.6. The van der Waals surface area contributed by atoms with Crippen LogP contribution < -0.4 is 5.73 Å². The summed E-state index contributed by atoms with van der Waals surface area (Å²) in [5, 5.41) is 7.96. The van der Waals surface area contributed by atoms with Crippen molar-refractivity contribution < 1.29 is 4.39 Å². The monoisotopic (exact) mass is 433 g/mol. The van der Waals surface area contributed by atoms with Crippen LogP contribution in [0.1, 0.15) is 11.1 Å². The number of hydrogen-bond donors (Lipinski definition) is 1. The number of nitrogens with zero attached hydrogens (tertiary/aromatic N) is 2. The SMILES string of the molecule is NC(=NN=Cc1c(Cl)cc(Br)c(Cl)c1F)SCc1ccccc1. The molecule has 0 aliphatic rings. The lowest BCUT2D eigenvalue weighted by Crippen LogP contribution is -2.06. The standard InChI is InChI=1S/C15H11BrCl2FN3S/c16-11-6-12(17)10(14(19)13(11)18)7-21-22-15(20)23-8-9-4-2-1-3-5-9/h1-7H,8H2,(H2,20,22). The normalized spacial score (nSPS) is 12.1. The van der Waals surface area contributed by atoms with Crippen molar-refractivity contribution in [2.75, 3.05) is 0 Å². The van der Waals surface area contributed by atoms with Gasteiger partial charge in [-0.15, -0.1) is 5.10 Å². The lowest BCUT2D eigenvalue weighted by Gasteiger charge is -2.04.